The topological polar surface area (TPSA) is 15.3 Å². The molecule has 1 aliphatic carbocycles. The van der Waals surface area contributed by atoms with E-state index in [1.807, 2.05) is 0 Å². The van der Waals surface area contributed by atoms with Gasteiger partial charge in [0.05, 0.1) is 0 Å². The van der Waals surface area contributed by atoms with E-state index in [0.29, 0.717) is 5.54 Å². The third-order valence-electron chi connectivity index (χ3n) is 5.45. The van der Waals surface area contributed by atoms with E-state index in [-0.39, 0.29) is 0 Å². The number of hydrogen-bond acceptors (Lipinski definition) is 2. The van der Waals surface area contributed by atoms with Crippen LogP contribution >= 0.6 is 0 Å². The molecule has 1 spiro atoms. The molecule has 0 radical (unpaired) electrons. The molecular weight excluding hydrogens is 256 g/mol. The summed E-state index contributed by atoms with van der Waals surface area (Å²) in [5, 5.41) is 3.65. The van der Waals surface area contributed by atoms with Crippen molar-refractivity contribution in [2.75, 3.05) is 26.2 Å². The summed E-state index contributed by atoms with van der Waals surface area (Å²) in [5.74, 6) is 0. The highest BCUT2D eigenvalue weighted by Gasteiger charge is 2.38. The van der Waals surface area contributed by atoms with E-state index in [9.17, 15) is 0 Å². The summed E-state index contributed by atoms with van der Waals surface area (Å²) in [6.07, 6.45) is 11.0. The summed E-state index contributed by atoms with van der Waals surface area (Å²) < 4.78 is 0. The summed E-state index contributed by atoms with van der Waals surface area (Å²) in [5.41, 5.74) is 1.99. The molecule has 0 aromatic heterocycles. The molecule has 0 atom stereocenters. The Morgan fingerprint density at radius 1 is 1.00 bits per heavy atom. The van der Waals surface area contributed by atoms with Crippen LogP contribution in [0.4, 0.5) is 0 Å². The van der Waals surface area contributed by atoms with Gasteiger partial charge in [0.2, 0.25) is 0 Å². The fourth-order valence-electron chi connectivity index (χ4n) is 4.21. The molecule has 0 amide bonds. The molecule has 1 aromatic carbocycles. The first-order chi connectivity index (χ1) is 10.4. The molecule has 0 unspecified atom stereocenters. The second kappa shape index (κ2) is 7.42. The van der Waals surface area contributed by atoms with Crippen LogP contribution in [0.2, 0.25) is 0 Å². The van der Waals surface area contributed by atoms with Gasteiger partial charge in [-0.2, -0.15) is 0 Å². The number of piperazine rings is 1. The molecule has 3 rings (SSSR count). The number of unbranched alkanes of at least 4 members (excludes halogenated alkanes) is 1. The number of hydrogen-bond donors (Lipinski definition) is 1. The van der Waals surface area contributed by atoms with E-state index in [4.69, 9.17) is 0 Å². The van der Waals surface area contributed by atoms with Crippen LogP contribution < -0.4 is 5.32 Å². The highest BCUT2D eigenvalue weighted by Crippen LogP contribution is 2.34. The van der Waals surface area contributed by atoms with Crippen molar-refractivity contribution in [3.8, 4) is 0 Å². The molecular formula is C19H30N2. The highest BCUT2D eigenvalue weighted by molar-refractivity contribution is 5.14. The van der Waals surface area contributed by atoms with Crippen molar-refractivity contribution in [3.05, 3.63) is 35.9 Å². The largest absolute Gasteiger partial charge is 0.314 e. The summed E-state index contributed by atoms with van der Waals surface area (Å²) in [6, 6.07) is 10.9. The number of nitrogens with one attached hydrogen (secondary N) is 1. The van der Waals surface area contributed by atoms with Gasteiger partial charge in [0.1, 0.15) is 0 Å². The van der Waals surface area contributed by atoms with E-state index in [0.717, 1.165) is 0 Å². The van der Waals surface area contributed by atoms with Crippen LogP contribution in [0.5, 0.6) is 0 Å². The Balaban J connectivity index is 1.46. The van der Waals surface area contributed by atoms with Crippen molar-refractivity contribution < 1.29 is 0 Å². The van der Waals surface area contributed by atoms with Crippen LogP contribution in [0.1, 0.15) is 50.5 Å². The van der Waals surface area contributed by atoms with E-state index < -0.39 is 0 Å². The van der Waals surface area contributed by atoms with Crippen molar-refractivity contribution in [3.63, 3.8) is 0 Å². The maximum atomic E-state index is 3.65. The van der Waals surface area contributed by atoms with E-state index in [1.165, 1.54) is 83.1 Å². The van der Waals surface area contributed by atoms with Gasteiger partial charge in [0.15, 0.2) is 0 Å². The Hall–Kier alpha value is -0.860. The van der Waals surface area contributed by atoms with Crippen LogP contribution in [-0.2, 0) is 6.42 Å². The second-order valence-corrected chi connectivity index (χ2v) is 6.89. The van der Waals surface area contributed by atoms with Crippen LogP contribution in [0.15, 0.2) is 30.3 Å². The predicted molar refractivity (Wildman–Crippen MR) is 89.6 cm³/mol. The molecule has 0 bridgehead atoms. The molecule has 21 heavy (non-hydrogen) atoms. The van der Waals surface area contributed by atoms with Crippen molar-refractivity contribution in [2.45, 2.75) is 56.9 Å². The second-order valence-electron chi connectivity index (χ2n) is 6.89. The SMILES string of the molecule is c1ccc(CCCCN2CCNCC23CCCCC3)cc1. The van der Waals surface area contributed by atoms with Gasteiger partial charge in [-0.15, -0.1) is 0 Å². The Morgan fingerprint density at radius 2 is 1.81 bits per heavy atom. The fourth-order valence-corrected chi connectivity index (χ4v) is 4.21. The molecule has 1 aliphatic heterocycles. The number of nitrogens with zero attached hydrogens (tertiary/aromatic N) is 1. The lowest BCUT2D eigenvalue weighted by molar-refractivity contribution is 0.0265. The van der Waals surface area contributed by atoms with Crippen LogP contribution in [-0.4, -0.2) is 36.6 Å². The van der Waals surface area contributed by atoms with E-state index in [1.54, 1.807) is 0 Å². The summed E-state index contributed by atoms with van der Waals surface area (Å²) in [4.78, 5) is 2.83. The van der Waals surface area contributed by atoms with Crippen molar-refractivity contribution in [2.24, 2.45) is 0 Å². The fraction of sp³-hybridized carbons (Fsp3) is 0.684. The summed E-state index contributed by atoms with van der Waals surface area (Å²) in [7, 11) is 0. The number of aryl methyl sites for hydroxylation is 1. The lowest BCUT2D eigenvalue weighted by Gasteiger charge is -2.50. The summed E-state index contributed by atoms with van der Waals surface area (Å²) >= 11 is 0. The maximum absolute atomic E-state index is 3.65. The van der Waals surface area contributed by atoms with Gasteiger partial charge in [-0.3, -0.25) is 4.90 Å². The minimum atomic E-state index is 0.503. The molecule has 1 saturated carbocycles. The standard InChI is InChI=1S/C19H30N2/c1-3-9-18(10-4-1)11-5-8-15-21-16-14-20-17-19(21)12-6-2-7-13-19/h1,3-4,9-10,20H,2,5-8,11-17H2. The van der Waals surface area contributed by atoms with Gasteiger partial charge in [0, 0.05) is 25.2 Å². The molecule has 2 nitrogen and oxygen atoms in total. The minimum Gasteiger partial charge on any atom is -0.314 e. The zero-order valence-electron chi connectivity index (χ0n) is 13.3. The van der Waals surface area contributed by atoms with Gasteiger partial charge in [-0.1, -0.05) is 49.6 Å². The number of benzene rings is 1. The van der Waals surface area contributed by atoms with Crippen LogP contribution in [0.3, 0.4) is 0 Å². The monoisotopic (exact) mass is 286 g/mol. The van der Waals surface area contributed by atoms with Crippen LogP contribution in [0.25, 0.3) is 0 Å². The molecule has 1 N–H and O–H groups in total. The molecule has 2 heteroatoms. The molecule has 1 saturated heterocycles. The van der Waals surface area contributed by atoms with Gasteiger partial charge in [-0.25, -0.2) is 0 Å². The quantitative estimate of drug-likeness (QED) is 0.832. The normalized spacial score (nSPS) is 22.5. The van der Waals surface area contributed by atoms with Gasteiger partial charge >= 0.3 is 0 Å². The highest BCUT2D eigenvalue weighted by atomic mass is 15.3. The molecule has 2 fully saturated rings. The van der Waals surface area contributed by atoms with Crippen molar-refractivity contribution in [1.29, 1.82) is 0 Å². The molecule has 116 valence electrons. The Morgan fingerprint density at radius 3 is 2.62 bits per heavy atom. The van der Waals surface area contributed by atoms with E-state index in [2.05, 4.69) is 40.5 Å². The minimum absolute atomic E-state index is 0.503. The molecule has 2 aliphatic rings. The zero-order chi connectivity index (χ0) is 14.4. The van der Waals surface area contributed by atoms with Gasteiger partial charge in [0.25, 0.3) is 0 Å². The van der Waals surface area contributed by atoms with Crippen molar-refractivity contribution >= 4 is 0 Å². The van der Waals surface area contributed by atoms with Crippen LogP contribution in [0, 0.1) is 0 Å². The first kappa shape index (κ1) is 15.1. The Labute approximate surface area is 129 Å². The lowest BCUT2D eigenvalue weighted by Crippen LogP contribution is -2.62. The molecule has 1 heterocycles. The smallest absolute Gasteiger partial charge is 0.0334 e. The third-order valence-corrected chi connectivity index (χ3v) is 5.45. The first-order valence-electron chi connectivity index (χ1n) is 8.89. The Kier molecular flexibility index (Phi) is 5.32. The predicted octanol–water partition coefficient (Wildman–Crippen LogP) is 3.62. The average Bonchev–Trinajstić information content (AvgIpc) is 2.55. The van der Waals surface area contributed by atoms with Gasteiger partial charge < -0.3 is 5.32 Å². The zero-order valence-corrected chi connectivity index (χ0v) is 13.3. The maximum Gasteiger partial charge on any atom is 0.0334 e. The van der Waals surface area contributed by atoms with Gasteiger partial charge in [-0.05, 0) is 44.2 Å². The first-order valence-corrected chi connectivity index (χ1v) is 8.89. The van der Waals surface area contributed by atoms with E-state index >= 15 is 0 Å². The summed E-state index contributed by atoms with van der Waals surface area (Å²) in [6.45, 7) is 4.96. The van der Waals surface area contributed by atoms with Crippen molar-refractivity contribution in [1.82, 2.24) is 10.2 Å². The molecule has 1 aromatic rings. The number of rotatable bonds is 5. The third kappa shape index (κ3) is 3.87. The Bertz CT molecular complexity index is 401. The lowest BCUT2D eigenvalue weighted by atomic mass is 9.79. The average molecular weight is 286 g/mol.